The van der Waals surface area contributed by atoms with Crippen LogP contribution >= 0.6 is 0 Å². The van der Waals surface area contributed by atoms with Gasteiger partial charge < -0.3 is 9.84 Å². The molecule has 0 aromatic heterocycles. The average molecular weight is 222 g/mol. The van der Waals surface area contributed by atoms with Crippen molar-refractivity contribution in [3.63, 3.8) is 0 Å². The molecule has 0 saturated carbocycles. The van der Waals surface area contributed by atoms with Crippen molar-refractivity contribution in [3.8, 4) is 11.5 Å². The van der Waals surface area contributed by atoms with Crippen LogP contribution in [-0.4, -0.2) is 11.7 Å². The Labute approximate surface area is 98.3 Å². The zero-order chi connectivity index (χ0) is 12.0. The Balaban J connectivity index is 0.000000606. The first-order chi connectivity index (χ1) is 7.83. The van der Waals surface area contributed by atoms with Gasteiger partial charge in [0.1, 0.15) is 11.5 Å². The minimum absolute atomic E-state index is 0.388. The number of hydrogen-bond donors (Lipinski definition) is 1. The monoisotopic (exact) mass is 222 g/mol. The van der Waals surface area contributed by atoms with Crippen LogP contribution in [0.2, 0.25) is 0 Å². The Kier molecular flexibility index (Phi) is 5.17. The number of fused-ring (bicyclic) bond motifs is 1. The minimum Gasteiger partial charge on any atom is -0.508 e. The number of ether oxygens (including phenoxy) is 1. The van der Waals surface area contributed by atoms with Crippen molar-refractivity contribution in [2.24, 2.45) is 0 Å². The van der Waals surface area contributed by atoms with Crippen molar-refractivity contribution in [1.82, 2.24) is 0 Å². The first-order valence-corrected chi connectivity index (χ1v) is 6.29. The molecule has 0 spiro atoms. The highest BCUT2D eigenvalue weighted by Gasteiger charge is 2.18. The Morgan fingerprint density at radius 1 is 1.31 bits per heavy atom. The van der Waals surface area contributed by atoms with Gasteiger partial charge in [0.25, 0.3) is 0 Å². The van der Waals surface area contributed by atoms with Crippen molar-refractivity contribution in [3.05, 3.63) is 23.3 Å². The third kappa shape index (κ3) is 2.69. The molecule has 0 bridgehead atoms. The molecule has 1 aliphatic rings. The van der Waals surface area contributed by atoms with E-state index in [4.69, 9.17) is 4.74 Å². The Hall–Kier alpha value is -1.18. The summed E-state index contributed by atoms with van der Waals surface area (Å²) in [6.07, 6.45) is 4.15. The van der Waals surface area contributed by atoms with Gasteiger partial charge in [-0.2, -0.15) is 0 Å². The summed E-state index contributed by atoms with van der Waals surface area (Å²) >= 11 is 0. The number of aromatic hydroxyl groups is 1. The fourth-order valence-corrected chi connectivity index (χ4v) is 1.90. The SMILES string of the molecule is CC.CCCCc1c(O)ccc2c1OCC2. The number of unbranched alkanes of at least 4 members (excludes halogenated alkanes) is 1. The molecule has 2 nitrogen and oxygen atoms in total. The van der Waals surface area contributed by atoms with E-state index >= 15 is 0 Å². The molecular weight excluding hydrogens is 200 g/mol. The number of phenols is 1. The summed E-state index contributed by atoms with van der Waals surface area (Å²) in [6.45, 7) is 6.92. The maximum Gasteiger partial charge on any atom is 0.129 e. The fourth-order valence-electron chi connectivity index (χ4n) is 1.90. The summed E-state index contributed by atoms with van der Waals surface area (Å²) in [5.74, 6) is 1.33. The average Bonchev–Trinajstić information content (AvgIpc) is 2.79. The van der Waals surface area contributed by atoms with E-state index in [1.165, 1.54) is 5.56 Å². The number of rotatable bonds is 3. The summed E-state index contributed by atoms with van der Waals surface area (Å²) in [6, 6.07) is 3.76. The van der Waals surface area contributed by atoms with Crippen LogP contribution in [0.5, 0.6) is 11.5 Å². The summed E-state index contributed by atoms with van der Waals surface area (Å²) in [5.41, 5.74) is 2.25. The van der Waals surface area contributed by atoms with Crippen LogP contribution in [0.15, 0.2) is 12.1 Å². The maximum atomic E-state index is 9.72. The first kappa shape index (κ1) is 12.9. The van der Waals surface area contributed by atoms with E-state index in [0.29, 0.717) is 5.75 Å². The smallest absolute Gasteiger partial charge is 0.129 e. The van der Waals surface area contributed by atoms with Gasteiger partial charge in [-0.15, -0.1) is 0 Å². The fraction of sp³-hybridized carbons (Fsp3) is 0.571. The van der Waals surface area contributed by atoms with E-state index in [1.54, 1.807) is 6.07 Å². The van der Waals surface area contributed by atoms with Gasteiger partial charge in [0.05, 0.1) is 6.61 Å². The van der Waals surface area contributed by atoms with E-state index in [-0.39, 0.29) is 0 Å². The van der Waals surface area contributed by atoms with Crippen molar-refractivity contribution >= 4 is 0 Å². The highest BCUT2D eigenvalue weighted by atomic mass is 16.5. The Morgan fingerprint density at radius 3 is 2.75 bits per heavy atom. The second-order valence-electron chi connectivity index (χ2n) is 3.75. The Morgan fingerprint density at radius 2 is 2.06 bits per heavy atom. The highest BCUT2D eigenvalue weighted by molar-refractivity contribution is 5.51. The summed E-state index contributed by atoms with van der Waals surface area (Å²) < 4.78 is 5.55. The topological polar surface area (TPSA) is 29.5 Å². The van der Waals surface area contributed by atoms with Crippen LogP contribution in [-0.2, 0) is 12.8 Å². The molecule has 1 heterocycles. The van der Waals surface area contributed by atoms with Crippen molar-refractivity contribution < 1.29 is 9.84 Å². The molecule has 0 amide bonds. The normalized spacial score (nSPS) is 12.4. The molecule has 0 radical (unpaired) electrons. The largest absolute Gasteiger partial charge is 0.508 e. The van der Waals surface area contributed by atoms with E-state index in [1.807, 2.05) is 19.9 Å². The molecule has 2 heteroatoms. The molecule has 0 saturated heterocycles. The van der Waals surface area contributed by atoms with Crippen molar-refractivity contribution in [1.29, 1.82) is 0 Å². The van der Waals surface area contributed by atoms with Crippen LogP contribution in [0.1, 0.15) is 44.7 Å². The molecule has 1 aromatic carbocycles. The molecule has 1 N–H and O–H groups in total. The van der Waals surface area contributed by atoms with Gasteiger partial charge in [-0.25, -0.2) is 0 Å². The van der Waals surface area contributed by atoms with E-state index in [2.05, 4.69) is 6.92 Å². The zero-order valence-electron chi connectivity index (χ0n) is 10.5. The molecule has 0 aliphatic carbocycles. The van der Waals surface area contributed by atoms with Gasteiger partial charge in [0, 0.05) is 12.0 Å². The third-order valence-corrected chi connectivity index (χ3v) is 2.72. The third-order valence-electron chi connectivity index (χ3n) is 2.72. The number of hydrogen-bond acceptors (Lipinski definition) is 2. The molecule has 0 unspecified atom stereocenters. The molecule has 2 rings (SSSR count). The Bertz CT molecular complexity index is 332. The van der Waals surface area contributed by atoms with Gasteiger partial charge >= 0.3 is 0 Å². The lowest BCUT2D eigenvalue weighted by Gasteiger charge is -2.09. The predicted molar refractivity (Wildman–Crippen MR) is 67.3 cm³/mol. The second kappa shape index (κ2) is 6.41. The quantitative estimate of drug-likeness (QED) is 0.845. The molecule has 16 heavy (non-hydrogen) atoms. The number of phenolic OH excluding ortho intramolecular Hbond substituents is 1. The van der Waals surface area contributed by atoms with Crippen LogP contribution in [0.3, 0.4) is 0 Å². The first-order valence-electron chi connectivity index (χ1n) is 6.29. The number of benzene rings is 1. The summed E-state index contributed by atoms with van der Waals surface area (Å²) in [7, 11) is 0. The standard InChI is InChI=1S/C12H16O2.C2H6/c1-2-3-4-10-11(13)6-5-9-7-8-14-12(9)10;1-2/h5-6,13H,2-4,7-8H2,1H3;1-2H3. The van der Waals surface area contributed by atoms with E-state index in [9.17, 15) is 5.11 Å². The minimum atomic E-state index is 0.388. The summed E-state index contributed by atoms with van der Waals surface area (Å²) in [5, 5.41) is 9.72. The van der Waals surface area contributed by atoms with Crippen molar-refractivity contribution in [2.75, 3.05) is 6.61 Å². The molecule has 0 atom stereocenters. The lowest BCUT2D eigenvalue weighted by atomic mass is 10.0. The van der Waals surface area contributed by atoms with Gasteiger partial charge in [-0.3, -0.25) is 0 Å². The second-order valence-corrected chi connectivity index (χ2v) is 3.75. The van der Waals surface area contributed by atoms with Crippen molar-refractivity contribution in [2.45, 2.75) is 46.5 Å². The lowest BCUT2D eigenvalue weighted by molar-refractivity contribution is 0.349. The maximum absolute atomic E-state index is 9.72. The molecule has 1 aliphatic heterocycles. The van der Waals surface area contributed by atoms with Crippen LogP contribution in [0.25, 0.3) is 0 Å². The molecule has 0 fully saturated rings. The van der Waals surface area contributed by atoms with E-state index < -0.39 is 0 Å². The van der Waals surface area contributed by atoms with Gasteiger partial charge in [0.15, 0.2) is 0 Å². The van der Waals surface area contributed by atoms with Crippen LogP contribution in [0.4, 0.5) is 0 Å². The van der Waals surface area contributed by atoms with Crippen LogP contribution in [0, 0.1) is 0 Å². The van der Waals surface area contributed by atoms with Gasteiger partial charge in [0.2, 0.25) is 0 Å². The molecular formula is C14H22O2. The van der Waals surface area contributed by atoms with Crippen LogP contribution < -0.4 is 4.74 Å². The zero-order valence-corrected chi connectivity index (χ0v) is 10.5. The molecule has 1 aromatic rings. The molecule has 90 valence electrons. The van der Waals surface area contributed by atoms with Gasteiger partial charge in [-0.05, 0) is 24.5 Å². The summed E-state index contributed by atoms with van der Waals surface area (Å²) in [4.78, 5) is 0. The predicted octanol–water partition coefficient (Wildman–Crippen LogP) is 3.70. The van der Waals surface area contributed by atoms with E-state index in [0.717, 1.165) is 43.6 Å². The highest BCUT2D eigenvalue weighted by Crippen LogP contribution is 2.36. The van der Waals surface area contributed by atoms with Gasteiger partial charge in [-0.1, -0.05) is 33.3 Å². The lowest BCUT2D eigenvalue weighted by Crippen LogP contribution is -1.92.